The number of carbonyl (C=O) groups is 3. The highest BCUT2D eigenvalue weighted by Gasteiger charge is 2.65. The molecule has 4 rings (SSSR count). The Kier molecular flexibility index (Phi) is 4.72. The number of pyridine rings is 1. The van der Waals surface area contributed by atoms with E-state index >= 15 is 0 Å². The van der Waals surface area contributed by atoms with Crippen molar-refractivity contribution in [2.75, 3.05) is 4.90 Å². The maximum absolute atomic E-state index is 13.0. The monoisotopic (exact) mass is 437 g/mol. The Morgan fingerprint density at radius 1 is 1.17 bits per heavy atom. The third-order valence-electron chi connectivity index (χ3n) is 4.98. The van der Waals surface area contributed by atoms with E-state index in [0.717, 1.165) is 4.90 Å². The molecule has 0 unspecified atom stereocenters. The lowest BCUT2D eigenvalue weighted by molar-refractivity contribution is -0.120. The molecule has 2 heterocycles. The predicted molar refractivity (Wildman–Crippen MR) is 99.9 cm³/mol. The summed E-state index contributed by atoms with van der Waals surface area (Å²) in [6.45, 7) is 0.0197. The number of nitrogens with zero attached hydrogens (tertiary/aromatic N) is 3. The van der Waals surface area contributed by atoms with E-state index < -0.39 is 29.0 Å². The van der Waals surface area contributed by atoms with Gasteiger partial charge in [-0.2, -0.15) is 13.2 Å². The van der Waals surface area contributed by atoms with Crippen LogP contribution in [-0.2, 0) is 11.3 Å². The molecule has 11 heteroatoms. The van der Waals surface area contributed by atoms with Crippen molar-refractivity contribution in [1.29, 1.82) is 0 Å². The minimum atomic E-state index is -4.44. The predicted octanol–water partition coefficient (Wildman–Crippen LogP) is 3.89. The highest BCUT2D eigenvalue weighted by atomic mass is 32.2. The summed E-state index contributed by atoms with van der Waals surface area (Å²) in [7, 11) is 0. The van der Waals surface area contributed by atoms with Gasteiger partial charge in [0, 0.05) is 17.6 Å². The number of rotatable bonds is 5. The molecule has 1 saturated carbocycles. The van der Waals surface area contributed by atoms with Crippen LogP contribution in [0, 0.1) is 0 Å². The van der Waals surface area contributed by atoms with Crippen molar-refractivity contribution in [3.8, 4) is 0 Å². The number of hydrogen-bond acceptors (Lipinski definition) is 5. The molecule has 1 spiro atoms. The lowest BCUT2D eigenvalue weighted by Crippen LogP contribution is -2.36. The van der Waals surface area contributed by atoms with Gasteiger partial charge in [0.25, 0.3) is 5.91 Å². The number of halogens is 3. The number of aromatic nitrogens is 1. The van der Waals surface area contributed by atoms with Gasteiger partial charge < -0.3 is 10.0 Å². The number of thioether (sulfide) groups is 1. The van der Waals surface area contributed by atoms with E-state index in [1.165, 1.54) is 41.4 Å². The first-order valence-electron chi connectivity index (χ1n) is 8.81. The number of amides is 3. The molecule has 1 aliphatic carbocycles. The Labute approximate surface area is 172 Å². The molecule has 3 amide bonds. The van der Waals surface area contributed by atoms with Crippen molar-refractivity contribution in [3.05, 3.63) is 53.9 Å². The fourth-order valence-corrected chi connectivity index (χ4v) is 3.97. The number of carbonyl (C=O) groups excluding carboxylic acids is 2. The average molecular weight is 437 g/mol. The quantitative estimate of drug-likeness (QED) is 0.564. The molecule has 0 bridgehead atoms. The number of anilines is 1. The van der Waals surface area contributed by atoms with Gasteiger partial charge in [0.15, 0.2) is 0 Å². The molecule has 1 saturated heterocycles. The van der Waals surface area contributed by atoms with Crippen molar-refractivity contribution in [3.63, 3.8) is 0 Å². The molecule has 30 heavy (non-hydrogen) atoms. The van der Waals surface area contributed by atoms with Gasteiger partial charge in [0.1, 0.15) is 11.2 Å². The van der Waals surface area contributed by atoms with Crippen molar-refractivity contribution >= 4 is 35.4 Å². The maximum Gasteiger partial charge on any atom is 0.446 e. The third-order valence-corrected chi connectivity index (χ3v) is 5.72. The summed E-state index contributed by atoms with van der Waals surface area (Å²) in [6.07, 6.45) is 2.25. The zero-order valence-corrected chi connectivity index (χ0v) is 16.0. The van der Waals surface area contributed by atoms with Gasteiger partial charge in [-0.3, -0.25) is 4.79 Å². The standard InChI is InChI=1S/C19H14F3N3O4S/c20-19(21,22)30-13-3-1-12(2-4-13)25-16(28)18(6-7-18)24(17(25)29)10-11-5-8-23-14(9-11)15(26)27/h1-5,8-9H,6-7,10H2,(H,26,27). The normalized spacial score (nSPS) is 17.7. The van der Waals surface area contributed by atoms with Gasteiger partial charge in [0.05, 0.1) is 5.69 Å². The highest BCUT2D eigenvalue weighted by molar-refractivity contribution is 8.00. The number of imide groups is 1. The highest BCUT2D eigenvalue weighted by Crippen LogP contribution is 2.50. The summed E-state index contributed by atoms with van der Waals surface area (Å²) >= 11 is -0.281. The summed E-state index contributed by atoms with van der Waals surface area (Å²) in [5.41, 5.74) is -4.91. The summed E-state index contributed by atoms with van der Waals surface area (Å²) in [5.74, 6) is -1.64. The van der Waals surface area contributed by atoms with E-state index in [1.54, 1.807) is 6.07 Å². The molecule has 156 valence electrons. The lowest BCUT2D eigenvalue weighted by Gasteiger charge is -2.21. The summed E-state index contributed by atoms with van der Waals surface area (Å²) in [4.78, 5) is 43.1. The first-order chi connectivity index (χ1) is 14.1. The van der Waals surface area contributed by atoms with Crippen LogP contribution in [-0.4, -0.2) is 43.9 Å². The second-order valence-electron chi connectivity index (χ2n) is 6.94. The zero-order chi connectivity index (χ0) is 21.7. The molecule has 1 aromatic heterocycles. The molecule has 2 aliphatic rings. The largest absolute Gasteiger partial charge is 0.477 e. The number of alkyl halides is 3. The van der Waals surface area contributed by atoms with E-state index in [1.807, 2.05) is 0 Å². The number of carboxylic acids is 1. The van der Waals surface area contributed by atoms with Gasteiger partial charge in [-0.25, -0.2) is 19.5 Å². The minimum absolute atomic E-state index is 0.0197. The molecule has 0 radical (unpaired) electrons. The summed E-state index contributed by atoms with van der Waals surface area (Å²) < 4.78 is 37.5. The molecule has 0 atom stereocenters. The fourth-order valence-electron chi connectivity index (χ4n) is 3.43. The van der Waals surface area contributed by atoms with Crippen LogP contribution in [0.2, 0.25) is 0 Å². The fraction of sp³-hybridized carbons (Fsp3) is 0.263. The van der Waals surface area contributed by atoms with Crippen molar-refractivity contribution in [2.45, 2.75) is 35.3 Å². The van der Waals surface area contributed by atoms with Crippen LogP contribution in [0.1, 0.15) is 28.9 Å². The molecule has 7 nitrogen and oxygen atoms in total. The van der Waals surface area contributed by atoms with Crippen molar-refractivity contribution < 1.29 is 32.7 Å². The van der Waals surface area contributed by atoms with Gasteiger partial charge in [-0.05, 0) is 66.6 Å². The number of benzene rings is 1. The van der Waals surface area contributed by atoms with E-state index in [0.29, 0.717) is 18.4 Å². The zero-order valence-electron chi connectivity index (χ0n) is 15.2. The van der Waals surface area contributed by atoms with Gasteiger partial charge in [-0.15, -0.1) is 0 Å². The van der Waals surface area contributed by atoms with Crippen LogP contribution in [0.3, 0.4) is 0 Å². The van der Waals surface area contributed by atoms with Crippen molar-refractivity contribution in [2.24, 2.45) is 0 Å². The molecule has 1 aliphatic heterocycles. The molecular formula is C19H14F3N3O4S. The summed E-state index contributed by atoms with van der Waals surface area (Å²) in [6, 6.07) is 7.32. The van der Waals surface area contributed by atoms with E-state index in [9.17, 15) is 27.6 Å². The first-order valence-corrected chi connectivity index (χ1v) is 9.63. The Morgan fingerprint density at radius 2 is 1.83 bits per heavy atom. The van der Waals surface area contributed by atoms with Gasteiger partial charge in [-0.1, -0.05) is 0 Å². The molecule has 1 N–H and O–H groups in total. The van der Waals surface area contributed by atoms with Crippen molar-refractivity contribution in [1.82, 2.24) is 9.88 Å². The second-order valence-corrected chi connectivity index (χ2v) is 8.08. The van der Waals surface area contributed by atoms with Crippen LogP contribution < -0.4 is 4.90 Å². The van der Waals surface area contributed by atoms with Crippen LogP contribution in [0.25, 0.3) is 0 Å². The van der Waals surface area contributed by atoms with Crippen LogP contribution in [0.4, 0.5) is 23.7 Å². The topological polar surface area (TPSA) is 90.8 Å². The van der Waals surface area contributed by atoms with Gasteiger partial charge >= 0.3 is 17.5 Å². The average Bonchev–Trinajstić information content (AvgIpc) is 3.45. The van der Waals surface area contributed by atoms with E-state index in [2.05, 4.69) is 4.98 Å². The molecule has 2 aromatic rings. The lowest BCUT2D eigenvalue weighted by atomic mass is 10.1. The summed E-state index contributed by atoms with van der Waals surface area (Å²) in [5, 5.41) is 9.09. The third kappa shape index (κ3) is 3.60. The molecule has 2 fully saturated rings. The maximum atomic E-state index is 13.0. The Balaban J connectivity index is 1.59. The number of carboxylic acid groups (broad SMARTS) is 1. The second kappa shape index (κ2) is 7.01. The smallest absolute Gasteiger partial charge is 0.446 e. The number of hydrogen-bond donors (Lipinski definition) is 1. The van der Waals surface area contributed by atoms with Gasteiger partial charge in [0.2, 0.25) is 0 Å². The Bertz CT molecular complexity index is 1040. The van der Waals surface area contributed by atoms with E-state index in [4.69, 9.17) is 5.11 Å². The van der Waals surface area contributed by atoms with Crippen LogP contribution in [0.15, 0.2) is 47.5 Å². The molecular weight excluding hydrogens is 423 g/mol. The SMILES string of the molecule is O=C(O)c1cc(CN2C(=O)N(c3ccc(SC(F)(F)F)cc3)C(=O)C23CC3)ccn1. The Hall–Kier alpha value is -3.08. The van der Waals surface area contributed by atoms with Crippen LogP contribution >= 0.6 is 11.8 Å². The van der Waals surface area contributed by atoms with Crippen LogP contribution in [0.5, 0.6) is 0 Å². The molecule has 1 aromatic carbocycles. The Morgan fingerprint density at radius 3 is 2.40 bits per heavy atom. The number of aromatic carboxylic acids is 1. The number of urea groups is 1. The van der Waals surface area contributed by atoms with E-state index in [-0.39, 0.29) is 34.6 Å². The minimum Gasteiger partial charge on any atom is -0.477 e. The first kappa shape index (κ1) is 20.2.